The van der Waals surface area contributed by atoms with Crippen LogP contribution in [0.3, 0.4) is 0 Å². The Balaban J connectivity index is 1.70. The van der Waals surface area contributed by atoms with Crippen molar-refractivity contribution in [3.8, 4) is 0 Å². The molecule has 0 bridgehead atoms. The van der Waals surface area contributed by atoms with Crippen molar-refractivity contribution in [3.05, 3.63) is 0 Å². The summed E-state index contributed by atoms with van der Waals surface area (Å²) in [6, 6.07) is 0. The van der Waals surface area contributed by atoms with E-state index in [4.69, 9.17) is 0 Å². The van der Waals surface area contributed by atoms with Crippen molar-refractivity contribution in [1.29, 1.82) is 0 Å². The van der Waals surface area contributed by atoms with E-state index in [2.05, 4.69) is 13.8 Å². The number of hydrogen-bond acceptors (Lipinski definition) is 3. The summed E-state index contributed by atoms with van der Waals surface area (Å²) in [7, 11) is 0. The van der Waals surface area contributed by atoms with Crippen molar-refractivity contribution < 1.29 is 14.7 Å². The molecule has 4 fully saturated rings. The smallest absolute Gasteiger partial charge is 0.137 e. The second-order valence-corrected chi connectivity index (χ2v) is 9.62. The van der Waals surface area contributed by atoms with Gasteiger partial charge in [-0.05, 0) is 67.6 Å². The fraction of sp³-hybridized carbons (Fsp3) is 0.900. The van der Waals surface area contributed by atoms with E-state index in [1.807, 2.05) is 6.92 Å². The van der Waals surface area contributed by atoms with Crippen LogP contribution in [-0.2, 0) is 9.59 Å². The minimum Gasteiger partial charge on any atom is -0.390 e. The van der Waals surface area contributed by atoms with E-state index >= 15 is 0 Å². The third-order valence-corrected chi connectivity index (χ3v) is 8.84. The maximum atomic E-state index is 12.9. The van der Waals surface area contributed by atoms with Gasteiger partial charge >= 0.3 is 0 Å². The van der Waals surface area contributed by atoms with Crippen LogP contribution in [0.15, 0.2) is 0 Å². The first-order valence-electron chi connectivity index (χ1n) is 9.46. The van der Waals surface area contributed by atoms with Gasteiger partial charge in [0.05, 0.1) is 5.60 Å². The second-order valence-electron chi connectivity index (χ2n) is 9.62. The quantitative estimate of drug-likeness (QED) is 0.743. The van der Waals surface area contributed by atoms with Crippen molar-refractivity contribution in [3.63, 3.8) is 0 Å². The molecule has 23 heavy (non-hydrogen) atoms. The molecule has 4 aliphatic rings. The Morgan fingerprint density at radius 3 is 2.39 bits per heavy atom. The van der Waals surface area contributed by atoms with E-state index in [0.717, 1.165) is 32.1 Å². The number of hydrogen-bond donors (Lipinski definition) is 1. The molecule has 4 rings (SSSR count). The fourth-order valence-corrected chi connectivity index (χ4v) is 7.08. The van der Waals surface area contributed by atoms with Crippen LogP contribution in [0.1, 0.15) is 72.1 Å². The molecule has 0 aromatic carbocycles. The first-order chi connectivity index (χ1) is 10.7. The van der Waals surface area contributed by atoms with Crippen LogP contribution in [-0.4, -0.2) is 22.3 Å². The molecule has 1 N–H and O–H groups in total. The van der Waals surface area contributed by atoms with E-state index < -0.39 is 5.60 Å². The van der Waals surface area contributed by atoms with Gasteiger partial charge in [0.2, 0.25) is 0 Å². The minimum atomic E-state index is -0.591. The van der Waals surface area contributed by atoms with E-state index in [0.29, 0.717) is 42.8 Å². The summed E-state index contributed by atoms with van der Waals surface area (Å²) in [6.07, 6.45) is 6.78. The lowest BCUT2D eigenvalue weighted by Gasteiger charge is -2.60. The molecule has 4 aliphatic carbocycles. The molecule has 0 aliphatic heterocycles. The largest absolute Gasteiger partial charge is 0.390 e. The molecule has 0 heterocycles. The predicted molar refractivity (Wildman–Crippen MR) is 87.7 cm³/mol. The highest BCUT2D eigenvalue weighted by molar-refractivity contribution is 5.90. The van der Waals surface area contributed by atoms with Gasteiger partial charge in [0.1, 0.15) is 11.6 Å². The maximum absolute atomic E-state index is 12.9. The summed E-state index contributed by atoms with van der Waals surface area (Å²) in [5.74, 6) is 2.03. The summed E-state index contributed by atoms with van der Waals surface area (Å²) >= 11 is 0. The van der Waals surface area contributed by atoms with Crippen molar-refractivity contribution >= 4 is 11.6 Å². The van der Waals surface area contributed by atoms with Crippen LogP contribution in [0.4, 0.5) is 0 Å². The standard InChI is InChI=1S/C20H30O3/c1-18-7-4-12(21)10-16(18)17(22)11-13-14(18)5-8-19(2)15(13)6-9-20(19,3)23/h13-16,23H,4-11H2,1-3H3/t13-,14+,15+,16-,18-,19+,20-/m1/s1. The van der Waals surface area contributed by atoms with E-state index in [9.17, 15) is 14.7 Å². The van der Waals surface area contributed by atoms with E-state index in [1.165, 1.54) is 0 Å². The first kappa shape index (κ1) is 15.8. The molecular formula is C20H30O3. The van der Waals surface area contributed by atoms with Crippen molar-refractivity contribution in [2.75, 3.05) is 0 Å². The Morgan fingerprint density at radius 2 is 1.65 bits per heavy atom. The van der Waals surface area contributed by atoms with Gasteiger partial charge in [-0.2, -0.15) is 0 Å². The van der Waals surface area contributed by atoms with Crippen LogP contribution >= 0.6 is 0 Å². The number of carbonyl (C=O) groups excluding carboxylic acids is 2. The summed E-state index contributed by atoms with van der Waals surface area (Å²) in [5.41, 5.74) is -0.613. The maximum Gasteiger partial charge on any atom is 0.137 e. The first-order valence-corrected chi connectivity index (χ1v) is 9.46. The zero-order chi connectivity index (χ0) is 16.6. The average molecular weight is 318 g/mol. The van der Waals surface area contributed by atoms with Crippen molar-refractivity contribution in [2.24, 2.45) is 34.5 Å². The normalized spacial score (nSPS) is 56.0. The molecule has 3 nitrogen and oxygen atoms in total. The highest BCUT2D eigenvalue weighted by Gasteiger charge is 2.64. The fourth-order valence-electron chi connectivity index (χ4n) is 7.08. The molecule has 0 spiro atoms. The van der Waals surface area contributed by atoms with Crippen LogP contribution in [0.2, 0.25) is 0 Å². The SMILES string of the molecule is C[C@]12CCC(=O)C[C@@H]1C(=O)C[C@@H]1[C@@H]2CC[C@@]2(C)[C@H]1CC[C@@]2(C)O. The lowest BCUT2D eigenvalue weighted by Crippen LogP contribution is -2.58. The zero-order valence-electron chi connectivity index (χ0n) is 14.7. The summed E-state index contributed by atoms with van der Waals surface area (Å²) in [6.45, 7) is 6.54. The number of ketones is 2. The molecular weight excluding hydrogens is 288 g/mol. The lowest BCUT2D eigenvalue weighted by atomic mass is 9.44. The van der Waals surface area contributed by atoms with Gasteiger partial charge in [0.25, 0.3) is 0 Å². The lowest BCUT2D eigenvalue weighted by molar-refractivity contribution is -0.166. The van der Waals surface area contributed by atoms with Crippen LogP contribution in [0.5, 0.6) is 0 Å². The predicted octanol–water partition coefficient (Wildman–Crippen LogP) is 3.53. The third-order valence-electron chi connectivity index (χ3n) is 8.84. The number of aliphatic hydroxyl groups is 1. The molecule has 0 aromatic heterocycles. The number of Topliss-reactive ketones (excluding diaryl/α,β-unsaturated/α-hetero) is 2. The van der Waals surface area contributed by atoms with Gasteiger partial charge in [0, 0.05) is 25.2 Å². The summed E-state index contributed by atoms with van der Waals surface area (Å²) in [5, 5.41) is 10.9. The zero-order valence-corrected chi connectivity index (χ0v) is 14.7. The summed E-state index contributed by atoms with van der Waals surface area (Å²) < 4.78 is 0. The number of rotatable bonds is 0. The molecule has 3 heteroatoms. The Kier molecular flexibility index (Phi) is 3.22. The Labute approximate surface area is 139 Å². The third kappa shape index (κ3) is 1.92. The molecule has 7 atom stereocenters. The topological polar surface area (TPSA) is 54.4 Å². The monoisotopic (exact) mass is 318 g/mol. The molecule has 0 aromatic rings. The van der Waals surface area contributed by atoms with E-state index in [1.54, 1.807) is 0 Å². The molecule has 4 saturated carbocycles. The van der Waals surface area contributed by atoms with Gasteiger partial charge in [-0.3, -0.25) is 9.59 Å². The van der Waals surface area contributed by atoms with Crippen molar-refractivity contribution in [1.82, 2.24) is 0 Å². The van der Waals surface area contributed by atoms with Gasteiger partial charge in [-0.15, -0.1) is 0 Å². The second kappa shape index (κ2) is 4.68. The Hall–Kier alpha value is -0.700. The van der Waals surface area contributed by atoms with Gasteiger partial charge in [0.15, 0.2) is 0 Å². The van der Waals surface area contributed by atoms with Gasteiger partial charge < -0.3 is 5.11 Å². The van der Waals surface area contributed by atoms with Crippen LogP contribution in [0.25, 0.3) is 0 Å². The molecule has 128 valence electrons. The highest BCUT2D eigenvalue weighted by Crippen LogP contribution is 2.67. The van der Waals surface area contributed by atoms with Crippen LogP contribution < -0.4 is 0 Å². The van der Waals surface area contributed by atoms with Crippen LogP contribution in [0, 0.1) is 34.5 Å². The molecule has 0 amide bonds. The summed E-state index contributed by atoms with van der Waals surface area (Å²) in [4.78, 5) is 24.8. The highest BCUT2D eigenvalue weighted by atomic mass is 16.3. The molecule has 0 radical (unpaired) electrons. The molecule has 0 unspecified atom stereocenters. The van der Waals surface area contributed by atoms with E-state index in [-0.39, 0.29) is 22.5 Å². The Bertz CT molecular complexity index is 565. The Morgan fingerprint density at radius 1 is 0.957 bits per heavy atom. The van der Waals surface area contributed by atoms with Gasteiger partial charge in [-0.25, -0.2) is 0 Å². The number of carbonyl (C=O) groups is 2. The average Bonchev–Trinajstić information content (AvgIpc) is 2.72. The molecule has 0 saturated heterocycles. The van der Waals surface area contributed by atoms with Crippen molar-refractivity contribution in [2.45, 2.75) is 77.7 Å². The minimum absolute atomic E-state index is 0.0175. The van der Waals surface area contributed by atoms with Gasteiger partial charge in [-0.1, -0.05) is 13.8 Å². The number of fused-ring (bicyclic) bond motifs is 5.